The minimum Gasteiger partial charge on any atom is -0.495 e. The standard InChI is InChI=1S/C28H36FN3O4/c1-19-9-10-21-16-24(30-11-13-31(14-12-30)27(34)36-28(2,3)4)25(35-5)17-23(21)32(26(19)33)18-20-7-6-8-22(29)15-20/h6-8,15-17,19H,9-14,18H2,1-5H3. The van der Waals surface area contributed by atoms with Crippen molar-refractivity contribution in [1.82, 2.24) is 4.90 Å². The third-order valence-corrected chi connectivity index (χ3v) is 6.71. The van der Waals surface area contributed by atoms with E-state index in [-0.39, 0.29) is 23.7 Å². The van der Waals surface area contributed by atoms with E-state index in [1.165, 1.54) is 12.1 Å². The van der Waals surface area contributed by atoms with Crippen LogP contribution in [-0.2, 0) is 22.5 Å². The summed E-state index contributed by atoms with van der Waals surface area (Å²) in [6, 6.07) is 10.4. The van der Waals surface area contributed by atoms with E-state index in [2.05, 4.69) is 11.0 Å². The molecule has 2 aliphatic rings. The Labute approximate surface area is 212 Å². The van der Waals surface area contributed by atoms with E-state index >= 15 is 0 Å². The maximum Gasteiger partial charge on any atom is 0.410 e. The zero-order chi connectivity index (χ0) is 26.0. The van der Waals surface area contributed by atoms with Gasteiger partial charge in [0.25, 0.3) is 0 Å². The number of methoxy groups -OCH3 is 1. The molecule has 7 nitrogen and oxygen atoms in total. The van der Waals surface area contributed by atoms with E-state index in [4.69, 9.17) is 9.47 Å². The molecule has 0 N–H and O–H groups in total. The average Bonchev–Trinajstić information content (AvgIpc) is 2.94. The summed E-state index contributed by atoms with van der Waals surface area (Å²) in [5.41, 5.74) is 3.04. The van der Waals surface area contributed by atoms with Crippen LogP contribution < -0.4 is 14.5 Å². The van der Waals surface area contributed by atoms with Crippen molar-refractivity contribution >= 4 is 23.4 Å². The van der Waals surface area contributed by atoms with Gasteiger partial charge in [0, 0.05) is 38.2 Å². The van der Waals surface area contributed by atoms with Gasteiger partial charge in [0.1, 0.15) is 17.2 Å². The monoisotopic (exact) mass is 497 g/mol. The zero-order valence-electron chi connectivity index (χ0n) is 21.8. The van der Waals surface area contributed by atoms with Gasteiger partial charge in [0.05, 0.1) is 25.0 Å². The van der Waals surface area contributed by atoms with Crippen molar-refractivity contribution < 1.29 is 23.5 Å². The van der Waals surface area contributed by atoms with Crippen LogP contribution in [0.1, 0.15) is 45.2 Å². The Bertz CT molecular complexity index is 1120. The van der Waals surface area contributed by atoms with Gasteiger partial charge < -0.3 is 24.2 Å². The quantitative estimate of drug-likeness (QED) is 0.595. The fourth-order valence-corrected chi connectivity index (χ4v) is 4.78. The first-order chi connectivity index (χ1) is 17.1. The minimum absolute atomic E-state index is 0.0267. The maximum atomic E-state index is 13.8. The highest BCUT2D eigenvalue weighted by Gasteiger charge is 2.31. The lowest BCUT2D eigenvalue weighted by Crippen LogP contribution is -2.50. The number of halogens is 1. The van der Waals surface area contributed by atoms with Crippen LogP contribution in [0.15, 0.2) is 36.4 Å². The molecule has 0 aromatic heterocycles. The van der Waals surface area contributed by atoms with Crippen molar-refractivity contribution in [2.24, 2.45) is 5.92 Å². The first-order valence-corrected chi connectivity index (χ1v) is 12.6. The Morgan fingerprint density at radius 3 is 2.44 bits per heavy atom. The lowest BCUT2D eigenvalue weighted by Gasteiger charge is -2.37. The Balaban J connectivity index is 1.60. The summed E-state index contributed by atoms with van der Waals surface area (Å²) in [7, 11) is 1.63. The van der Waals surface area contributed by atoms with Gasteiger partial charge in [0.15, 0.2) is 0 Å². The zero-order valence-corrected chi connectivity index (χ0v) is 21.8. The van der Waals surface area contributed by atoms with Gasteiger partial charge in [-0.2, -0.15) is 0 Å². The molecule has 8 heteroatoms. The van der Waals surface area contributed by atoms with Gasteiger partial charge >= 0.3 is 6.09 Å². The second-order valence-electron chi connectivity index (χ2n) is 10.6. The third kappa shape index (κ3) is 5.74. The number of amides is 2. The van der Waals surface area contributed by atoms with Gasteiger partial charge in [-0.25, -0.2) is 9.18 Å². The summed E-state index contributed by atoms with van der Waals surface area (Å²) in [4.78, 5) is 31.5. The molecule has 2 amide bonds. The molecule has 0 radical (unpaired) electrons. The van der Waals surface area contributed by atoms with Crippen LogP contribution in [0, 0.1) is 11.7 Å². The van der Waals surface area contributed by atoms with Crippen LogP contribution in [0.5, 0.6) is 5.75 Å². The van der Waals surface area contributed by atoms with Crippen molar-refractivity contribution in [3.05, 3.63) is 53.3 Å². The highest BCUT2D eigenvalue weighted by Crippen LogP contribution is 2.40. The second kappa shape index (κ2) is 10.4. The number of hydrogen-bond acceptors (Lipinski definition) is 5. The van der Waals surface area contributed by atoms with Crippen molar-refractivity contribution in [2.75, 3.05) is 43.1 Å². The molecule has 1 unspecified atom stereocenters. The topological polar surface area (TPSA) is 62.3 Å². The lowest BCUT2D eigenvalue weighted by molar-refractivity contribution is -0.122. The number of anilines is 2. The first kappa shape index (κ1) is 25.8. The molecule has 2 aromatic carbocycles. The smallest absolute Gasteiger partial charge is 0.410 e. The normalized spacial score (nSPS) is 18.6. The number of nitrogens with zero attached hydrogens (tertiary/aromatic N) is 3. The molecule has 0 saturated carbocycles. The molecule has 1 fully saturated rings. The molecule has 4 rings (SSSR count). The SMILES string of the molecule is COc1cc2c(cc1N1CCN(C(=O)OC(C)(C)C)CC1)CCC(C)C(=O)N2Cc1cccc(F)c1. The Morgan fingerprint density at radius 2 is 1.81 bits per heavy atom. The number of ether oxygens (including phenoxy) is 2. The van der Waals surface area contributed by atoms with Crippen LogP contribution in [0.3, 0.4) is 0 Å². The van der Waals surface area contributed by atoms with Crippen molar-refractivity contribution in [1.29, 1.82) is 0 Å². The summed E-state index contributed by atoms with van der Waals surface area (Å²) < 4.78 is 25.1. The number of piperazine rings is 1. The fraction of sp³-hybridized carbons (Fsp3) is 0.500. The number of carbonyl (C=O) groups is 2. The van der Waals surface area contributed by atoms with Gasteiger partial charge in [-0.3, -0.25) is 4.79 Å². The average molecular weight is 498 g/mol. The molecule has 2 aliphatic heterocycles. The Kier molecular flexibility index (Phi) is 7.43. The van der Waals surface area contributed by atoms with Crippen molar-refractivity contribution in [2.45, 2.75) is 52.7 Å². The predicted molar refractivity (Wildman–Crippen MR) is 138 cm³/mol. The van der Waals surface area contributed by atoms with E-state index in [0.29, 0.717) is 38.5 Å². The van der Waals surface area contributed by atoms with Crippen molar-refractivity contribution in [3.8, 4) is 5.75 Å². The third-order valence-electron chi connectivity index (χ3n) is 6.71. The van der Waals surface area contributed by atoms with Crippen LogP contribution >= 0.6 is 0 Å². The first-order valence-electron chi connectivity index (χ1n) is 12.6. The number of hydrogen-bond donors (Lipinski definition) is 0. The van der Waals surface area contributed by atoms with Gasteiger partial charge in [0.2, 0.25) is 5.91 Å². The molecule has 1 atom stereocenters. The van der Waals surface area contributed by atoms with E-state index in [9.17, 15) is 14.0 Å². The molecule has 0 aliphatic carbocycles. The highest BCUT2D eigenvalue weighted by molar-refractivity contribution is 5.97. The largest absolute Gasteiger partial charge is 0.495 e. The Morgan fingerprint density at radius 1 is 1.08 bits per heavy atom. The summed E-state index contributed by atoms with van der Waals surface area (Å²) >= 11 is 0. The maximum absolute atomic E-state index is 13.8. The van der Waals surface area contributed by atoms with Gasteiger partial charge in [-0.1, -0.05) is 19.1 Å². The number of rotatable bonds is 4. The van der Waals surface area contributed by atoms with E-state index in [0.717, 1.165) is 35.3 Å². The van der Waals surface area contributed by atoms with Gasteiger partial charge in [-0.05, 0) is 62.9 Å². The summed E-state index contributed by atoms with van der Waals surface area (Å²) in [6.45, 7) is 10.2. The van der Waals surface area contributed by atoms with Crippen LogP contribution in [-0.4, -0.2) is 55.8 Å². The molecule has 194 valence electrons. The summed E-state index contributed by atoms with van der Waals surface area (Å²) in [5, 5.41) is 0. The molecular formula is C28H36FN3O4. The molecule has 2 heterocycles. The van der Waals surface area contributed by atoms with Crippen molar-refractivity contribution in [3.63, 3.8) is 0 Å². The second-order valence-corrected chi connectivity index (χ2v) is 10.6. The number of fused-ring (bicyclic) bond motifs is 1. The van der Waals surface area contributed by atoms with Crippen LogP contribution in [0.2, 0.25) is 0 Å². The summed E-state index contributed by atoms with van der Waals surface area (Å²) in [6.07, 6.45) is 1.21. The summed E-state index contributed by atoms with van der Waals surface area (Å²) in [5.74, 6) is 0.240. The molecule has 0 bridgehead atoms. The number of aryl methyl sites for hydroxylation is 1. The minimum atomic E-state index is -0.527. The van der Waals surface area contributed by atoms with Gasteiger partial charge in [-0.15, -0.1) is 0 Å². The molecular weight excluding hydrogens is 461 g/mol. The molecule has 2 aromatic rings. The Hall–Kier alpha value is -3.29. The highest BCUT2D eigenvalue weighted by atomic mass is 19.1. The number of carbonyl (C=O) groups excluding carboxylic acids is 2. The fourth-order valence-electron chi connectivity index (χ4n) is 4.78. The molecule has 36 heavy (non-hydrogen) atoms. The van der Waals surface area contributed by atoms with E-state index in [1.54, 1.807) is 23.0 Å². The predicted octanol–water partition coefficient (Wildman–Crippen LogP) is 5.01. The lowest BCUT2D eigenvalue weighted by atomic mass is 10.0. The van der Waals surface area contributed by atoms with E-state index in [1.807, 2.05) is 39.8 Å². The van der Waals surface area contributed by atoms with E-state index < -0.39 is 5.60 Å². The number of benzene rings is 2. The van der Waals surface area contributed by atoms with Crippen LogP contribution in [0.25, 0.3) is 0 Å². The molecule has 0 spiro atoms. The molecule has 1 saturated heterocycles. The van der Waals surface area contributed by atoms with Crippen LogP contribution in [0.4, 0.5) is 20.6 Å².